The quantitative estimate of drug-likeness (QED) is 0.668. The lowest BCUT2D eigenvalue weighted by Gasteiger charge is -2.09. The van der Waals surface area contributed by atoms with Crippen LogP contribution in [0.5, 0.6) is 0 Å². The van der Waals surface area contributed by atoms with Gasteiger partial charge in [-0.25, -0.2) is 9.78 Å². The van der Waals surface area contributed by atoms with Crippen molar-refractivity contribution < 1.29 is 22.7 Å². The van der Waals surface area contributed by atoms with Crippen LogP contribution in [-0.4, -0.2) is 33.9 Å². The number of hydrogen-bond donors (Lipinski definition) is 1. The van der Waals surface area contributed by atoms with E-state index in [4.69, 9.17) is 4.74 Å². The van der Waals surface area contributed by atoms with Gasteiger partial charge < -0.3 is 10.1 Å². The van der Waals surface area contributed by atoms with Crippen molar-refractivity contribution in [2.75, 3.05) is 18.5 Å². The Morgan fingerprint density at radius 2 is 2.04 bits per heavy atom. The number of anilines is 1. The number of esters is 1. The van der Waals surface area contributed by atoms with Gasteiger partial charge in [-0.3, -0.25) is 4.68 Å². The Hall–Kier alpha value is -2.58. The number of pyridine rings is 1. The molecule has 0 saturated carbocycles. The lowest BCUT2D eigenvalue weighted by molar-refractivity contribution is -0.137. The molecule has 0 amide bonds. The Morgan fingerprint density at radius 1 is 1.33 bits per heavy atom. The Kier molecular flexibility index (Phi) is 5.10. The summed E-state index contributed by atoms with van der Waals surface area (Å²) >= 11 is 0. The molecule has 0 spiro atoms. The molecule has 0 aliphatic rings. The zero-order valence-electron chi connectivity index (χ0n) is 13.4. The van der Waals surface area contributed by atoms with Crippen LogP contribution in [0.25, 0.3) is 0 Å². The smallest absolute Gasteiger partial charge is 0.417 e. The third kappa shape index (κ3) is 4.03. The van der Waals surface area contributed by atoms with Gasteiger partial charge in [0.1, 0.15) is 18.0 Å². The van der Waals surface area contributed by atoms with Crippen LogP contribution in [-0.2, 0) is 18.0 Å². The fraction of sp³-hybridized carbons (Fsp3) is 0.400. The molecule has 0 radical (unpaired) electrons. The number of halogens is 3. The Balaban J connectivity index is 1.83. The summed E-state index contributed by atoms with van der Waals surface area (Å²) in [7, 11) is 1.73. The molecular weight excluding hydrogens is 325 g/mol. The Morgan fingerprint density at radius 3 is 2.54 bits per heavy atom. The van der Waals surface area contributed by atoms with Gasteiger partial charge in [0.2, 0.25) is 0 Å². The van der Waals surface area contributed by atoms with E-state index >= 15 is 0 Å². The van der Waals surface area contributed by atoms with Crippen LogP contribution in [0.3, 0.4) is 0 Å². The maximum absolute atomic E-state index is 12.4. The third-order valence-electron chi connectivity index (χ3n) is 3.45. The summed E-state index contributed by atoms with van der Waals surface area (Å²) in [6, 6.07) is 2.16. The molecule has 9 heteroatoms. The summed E-state index contributed by atoms with van der Waals surface area (Å²) in [6.07, 6.45) is -3.67. The fourth-order valence-corrected chi connectivity index (χ4v) is 2.13. The number of ether oxygens (including phenoxy) is 1. The molecule has 0 aliphatic heterocycles. The molecule has 24 heavy (non-hydrogen) atoms. The molecule has 0 fully saturated rings. The number of hydrogen-bond acceptors (Lipinski definition) is 5. The summed E-state index contributed by atoms with van der Waals surface area (Å²) in [5, 5.41) is 6.92. The van der Waals surface area contributed by atoms with Crippen molar-refractivity contribution in [1.29, 1.82) is 0 Å². The average molecular weight is 342 g/mol. The number of carbonyl (C=O) groups excluding carboxylic acids is 1. The second-order valence-corrected chi connectivity index (χ2v) is 5.16. The van der Waals surface area contributed by atoms with E-state index in [1.165, 1.54) is 6.07 Å². The van der Waals surface area contributed by atoms with Crippen LogP contribution in [0.4, 0.5) is 19.0 Å². The first kappa shape index (κ1) is 17.8. The molecule has 0 atom stereocenters. The van der Waals surface area contributed by atoms with Crippen molar-refractivity contribution in [2.45, 2.75) is 20.0 Å². The lowest BCUT2D eigenvalue weighted by atomic mass is 10.2. The highest BCUT2D eigenvalue weighted by atomic mass is 19.4. The maximum atomic E-state index is 12.4. The van der Waals surface area contributed by atoms with E-state index in [1.807, 2.05) is 0 Å². The van der Waals surface area contributed by atoms with Crippen molar-refractivity contribution >= 4 is 11.8 Å². The van der Waals surface area contributed by atoms with Crippen molar-refractivity contribution in [3.63, 3.8) is 0 Å². The largest absolute Gasteiger partial charge is 0.460 e. The van der Waals surface area contributed by atoms with Gasteiger partial charge in [0.25, 0.3) is 0 Å². The van der Waals surface area contributed by atoms with Crippen LogP contribution in [0.15, 0.2) is 18.3 Å². The van der Waals surface area contributed by atoms with Crippen molar-refractivity contribution in [3.8, 4) is 0 Å². The monoisotopic (exact) mass is 342 g/mol. The Bertz CT molecular complexity index is 724. The van der Waals surface area contributed by atoms with Crippen molar-refractivity contribution in [2.24, 2.45) is 7.05 Å². The van der Waals surface area contributed by atoms with Crippen LogP contribution in [0.2, 0.25) is 0 Å². The van der Waals surface area contributed by atoms with E-state index in [9.17, 15) is 18.0 Å². The van der Waals surface area contributed by atoms with Crippen molar-refractivity contribution in [3.05, 3.63) is 40.8 Å². The summed E-state index contributed by atoms with van der Waals surface area (Å²) in [5.41, 5.74) is 0.888. The van der Waals surface area contributed by atoms with Gasteiger partial charge in [0.05, 0.1) is 17.8 Å². The van der Waals surface area contributed by atoms with Gasteiger partial charge in [-0.15, -0.1) is 0 Å². The molecule has 6 nitrogen and oxygen atoms in total. The van der Waals surface area contributed by atoms with E-state index < -0.39 is 17.7 Å². The van der Waals surface area contributed by atoms with Gasteiger partial charge in [-0.05, 0) is 26.0 Å². The van der Waals surface area contributed by atoms with Gasteiger partial charge in [-0.1, -0.05) is 0 Å². The minimum Gasteiger partial charge on any atom is -0.460 e. The van der Waals surface area contributed by atoms with Crippen LogP contribution in [0.1, 0.15) is 27.3 Å². The van der Waals surface area contributed by atoms with Gasteiger partial charge >= 0.3 is 12.1 Å². The molecule has 0 aliphatic carbocycles. The zero-order valence-corrected chi connectivity index (χ0v) is 13.4. The first-order valence-corrected chi connectivity index (χ1v) is 7.14. The second kappa shape index (κ2) is 6.90. The second-order valence-electron chi connectivity index (χ2n) is 5.16. The summed E-state index contributed by atoms with van der Waals surface area (Å²) in [4.78, 5) is 15.7. The van der Waals surface area contributed by atoms with E-state index in [1.54, 1.807) is 25.6 Å². The Labute approximate surface area is 136 Å². The number of alkyl halides is 3. The van der Waals surface area contributed by atoms with E-state index in [0.717, 1.165) is 12.3 Å². The SMILES string of the molecule is Cc1nn(C)c(C)c1C(=O)OCCNc1ccc(C(F)(F)F)cn1. The molecule has 2 aromatic heterocycles. The van der Waals surface area contributed by atoms with Crippen LogP contribution < -0.4 is 5.32 Å². The molecule has 0 aromatic carbocycles. The van der Waals surface area contributed by atoms with E-state index in [2.05, 4.69) is 15.4 Å². The summed E-state index contributed by atoms with van der Waals surface area (Å²) in [5.74, 6) is -0.215. The minimum absolute atomic E-state index is 0.0509. The van der Waals surface area contributed by atoms with E-state index in [-0.39, 0.29) is 19.0 Å². The van der Waals surface area contributed by atoms with Gasteiger partial charge in [-0.2, -0.15) is 18.3 Å². The highest BCUT2D eigenvalue weighted by molar-refractivity contribution is 5.91. The molecule has 2 rings (SSSR count). The molecule has 1 N–H and O–H groups in total. The average Bonchev–Trinajstić information content (AvgIpc) is 2.76. The van der Waals surface area contributed by atoms with Crippen LogP contribution >= 0.6 is 0 Å². The lowest BCUT2D eigenvalue weighted by Crippen LogP contribution is -2.16. The molecular formula is C15H17F3N4O2. The number of nitrogens with one attached hydrogen (secondary N) is 1. The normalized spacial score (nSPS) is 11.4. The highest BCUT2D eigenvalue weighted by Gasteiger charge is 2.30. The molecule has 2 aromatic rings. The van der Waals surface area contributed by atoms with Gasteiger partial charge in [0, 0.05) is 18.9 Å². The minimum atomic E-state index is -4.42. The summed E-state index contributed by atoms with van der Waals surface area (Å²) < 4.78 is 44.0. The number of nitrogens with zero attached hydrogens (tertiary/aromatic N) is 3. The third-order valence-corrected chi connectivity index (χ3v) is 3.45. The number of aromatic nitrogens is 3. The predicted octanol–water partition coefficient (Wildman–Crippen LogP) is 2.72. The van der Waals surface area contributed by atoms with E-state index in [0.29, 0.717) is 17.0 Å². The molecule has 130 valence electrons. The first-order valence-electron chi connectivity index (χ1n) is 7.14. The first-order chi connectivity index (χ1) is 11.2. The number of carbonyl (C=O) groups is 1. The highest BCUT2D eigenvalue weighted by Crippen LogP contribution is 2.28. The number of aryl methyl sites for hydroxylation is 2. The molecule has 2 heterocycles. The summed E-state index contributed by atoms with van der Waals surface area (Å²) in [6.45, 7) is 3.76. The molecule has 0 unspecified atom stereocenters. The fourth-order valence-electron chi connectivity index (χ4n) is 2.13. The predicted molar refractivity (Wildman–Crippen MR) is 80.7 cm³/mol. The maximum Gasteiger partial charge on any atom is 0.417 e. The van der Waals surface area contributed by atoms with Crippen LogP contribution in [0, 0.1) is 13.8 Å². The molecule has 0 saturated heterocycles. The topological polar surface area (TPSA) is 69.0 Å². The number of rotatable bonds is 5. The van der Waals surface area contributed by atoms with Gasteiger partial charge in [0.15, 0.2) is 0 Å². The molecule has 0 bridgehead atoms. The zero-order chi connectivity index (χ0) is 17.9. The van der Waals surface area contributed by atoms with Crippen molar-refractivity contribution in [1.82, 2.24) is 14.8 Å². The standard InChI is InChI=1S/C15H17F3N4O2/c1-9-13(10(2)22(3)21-9)14(23)24-7-6-19-12-5-4-11(8-20-12)15(16,17)18/h4-5,8H,6-7H2,1-3H3,(H,19,20).